The largest absolute Gasteiger partial charge is 0.495 e. The van der Waals surface area contributed by atoms with Gasteiger partial charge in [-0.05, 0) is 18.6 Å². The number of hydrogen-bond donors (Lipinski definition) is 3. The zero-order valence-corrected chi connectivity index (χ0v) is 11.0. The van der Waals surface area contributed by atoms with E-state index in [4.69, 9.17) is 15.9 Å². The van der Waals surface area contributed by atoms with Gasteiger partial charge in [0.1, 0.15) is 5.75 Å². The zero-order valence-electron chi connectivity index (χ0n) is 11.0. The molecule has 0 atom stereocenters. The average Bonchev–Trinajstić information content (AvgIpc) is 2.35. The summed E-state index contributed by atoms with van der Waals surface area (Å²) >= 11 is 0. The van der Waals surface area contributed by atoms with E-state index in [-0.39, 0.29) is 0 Å². The third-order valence-electron chi connectivity index (χ3n) is 2.51. The van der Waals surface area contributed by atoms with Crippen LogP contribution in [0.2, 0.25) is 0 Å². The van der Waals surface area contributed by atoms with E-state index >= 15 is 0 Å². The van der Waals surface area contributed by atoms with Crippen LogP contribution in [0.25, 0.3) is 6.08 Å². The number of allylic oxidation sites excluding steroid dienone is 2. The number of nitrogens with one attached hydrogen (secondary N) is 2. The molecular weight excluding hydrogens is 242 g/mol. The number of guanidine groups is 1. The molecule has 0 aliphatic rings. The van der Waals surface area contributed by atoms with Gasteiger partial charge in [0.05, 0.1) is 12.7 Å². The van der Waals surface area contributed by atoms with E-state index in [1.807, 2.05) is 13.0 Å². The first-order valence-electron chi connectivity index (χ1n) is 5.63. The van der Waals surface area contributed by atoms with E-state index in [1.54, 1.807) is 24.3 Å². The van der Waals surface area contributed by atoms with Gasteiger partial charge >= 0.3 is 0 Å². The molecule has 5 heteroatoms. The van der Waals surface area contributed by atoms with Crippen molar-refractivity contribution < 1.29 is 9.53 Å². The normalized spacial score (nSPS) is 10.2. The van der Waals surface area contributed by atoms with Gasteiger partial charge in [-0.15, -0.1) is 0 Å². The summed E-state index contributed by atoms with van der Waals surface area (Å²) in [7, 11) is 1.49. The SMILES string of the molecule is C=C/C=C\c1c(C)ccc(C(=O)NC(=N)N)c1OC. The van der Waals surface area contributed by atoms with Gasteiger partial charge in [0.2, 0.25) is 0 Å². The summed E-state index contributed by atoms with van der Waals surface area (Å²) < 4.78 is 5.30. The lowest BCUT2D eigenvalue weighted by Gasteiger charge is -2.13. The molecule has 4 N–H and O–H groups in total. The molecule has 1 aromatic rings. The predicted octanol–water partition coefficient (Wildman–Crippen LogP) is 1.83. The van der Waals surface area contributed by atoms with Crippen LogP contribution < -0.4 is 15.8 Å². The van der Waals surface area contributed by atoms with Gasteiger partial charge in [0.25, 0.3) is 5.91 Å². The topological polar surface area (TPSA) is 88.2 Å². The van der Waals surface area contributed by atoms with Crippen molar-refractivity contribution >= 4 is 17.9 Å². The summed E-state index contributed by atoms with van der Waals surface area (Å²) in [5, 5.41) is 9.32. The van der Waals surface area contributed by atoms with Crippen LogP contribution in [-0.4, -0.2) is 19.0 Å². The molecule has 0 fully saturated rings. The molecule has 0 aliphatic carbocycles. The van der Waals surface area contributed by atoms with E-state index in [2.05, 4.69) is 11.9 Å². The maximum absolute atomic E-state index is 11.9. The van der Waals surface area contributed by atoms with Crippen LogP contribution >= 0.6 is 0 Å². The van der Waals surface area contributed by atoms with Crippen LogP contribution in [0, 0.1) is 12.3 Å². The highest BCUT2D eigenvalue weighted by Crippen LogP contribution is 2.28. The number of amides is 1. The second kappa shape index (κ2) is 6.39. The molecule has 0 radical (unpaired) electrons. The predicted molar refractivity (Wildman–Crippen MR) is 76.3 cm³/mol. The maximum atomic E-state index is 11.9. The number of hydrogen-bond acceptors (Lipinski definition) is 3. The van der Waals surface area contributed by atoms with Crippen molar-refractivity contribution in [2.45, 2.75) is 6.92 Å². The first-order chi connectivity index (χ1) is 9.01. The van der Waals surface area contributed by atoms with E-state index in [0.29, 0.717) is 11.3 Å². The molecule has 0 aliphatic heterocycles. The Morgan fingerprint density at radius 2 is 2.21 bits per heavy atom. The van der Waals surface area contributed by atoms with Crippen molar-refractivity contribution in [2.24, 2.45) is 5.73 Å². The van der Waals surface area contributed by atoms with E-state index in [1.165, 1.54) is 7.11 Å². The van der Waals surface area contributed by atoms with Crippen molar-refractivity contribution in [3.63, 3.8) is 0 Å². The molecule has 0 aromatic heterocycles. The monoisotopic (exact) mass is 259 g/mol. The number of methoxy groups -OCH3 is 1. The molecule has 100 valence electrons. The number of benzene rings is 1. The van der Waals surface area contributed by atoms with Gasteiger partial charge in [-0.25, -0.2) is 0 Å². The molecular formula is C14H17N3O2. The second-order valence-electron chi connectivity index (χ2n) is 3.84. The molecule has 0 heterocycles. The van der Waals surface area contributed by atoms with Gasteiger partial charge in [0.15, 0.2) is 5.96 Å². The molecule has 1 rings (SSSR count). The van der Waals surface area contributed by atoms with E-state index in [9.17, 15) is 4.79 Å². The van der Waals surface area contributed by atoms with Crippen LogP contribution in [0.15, 0.2) is 30.9 Å². The van der Waals surface area contributed by atoms with Gasteiger partial charge in [-0.3, -0.25) is 15.5 Å². The molecule has 5 nitrogen and oxygen atoms in total. The van der Waals surface area contributed by atoms with Crippen LogP contribution in [-0.2, 0) is 0 Å². The van der Waals surface area contributed by atoms with Gasteiger partial charge in [-0.2, -0.15) is 0 Å². The maximum Gasteiger partial charge on any atom is 0.261 e. The Bertz CT molecular complexity index is 548. The molecule has 0 unspecified atom stereocenters. The fourth-order valence-electron chi connectivity index (χ4n) is 1.66. The number of ether oxygens (including phenoxy) is 1. The van der Waals surface area contributed by atoms with Gasteiger partial charge in [-0.1, -0.05) is 30.9 Å². The first kappa shape index (κ1) is 14.5. The Morgan fingerprint density at radius 3 is 2.74 bits per heavy atom. The van der Waals surface area contributed by atoms with Crippen molar-refractivity contribution in [1.82, 2.24) is 5.32 Å². The minimum absolute atomic E-state index is 0.326. The summed E-state index contributed by atoms with van der Waals surface area (Å²) in [6.07, 6.45) is 5.21. The Kier molecular flexibility index (Phi) is 4.88. The molecule has 1 aromatic carbocycles. The lowest BCUT2D eigenvalue weighted by molar-refractivity contribution is 0.0973. The van der Waals surface area contributed by atoms with Crippen molar-refractivity contribution in [1.29, 1.82) is 5.41 Å². The molecule has 1 amide bonds. The molecule has 0 bridgehead atoms. The first-order valence-corrected chi connectivity index (χ1v) is 5.63. The molecule has 0 saturated heterocycles. The van der Waals surface area contributed by atoms with Crippen LogP contribution in [0.4, 0.5) is 0 Å². The van der Waals surface area contributed by atoms with E-state index in [0.717, 1.165) is 11.1 Å². The molecule has 0 saturated carbocycles. The third kappa shape index (κ3) is 3.45. The third-order valence-corrected chi connectivity index (χ3v) is 2.51. The second-order valence-corrected chi connectivity index (χ2v) is 3.84. The zero-order chi connectivity index (χ0) is 14.4. The lowest BCUT2D eigenvalue weighted by Crippen LogP contribution is -2.35. The summed E-state index contributed by atoms with van der Waals surface area (Å²) in [5.74, 6) is -0.440. The Labute approximate surface area is 112 Å². The highest BCUT2D eigenvalue weighted by Gasteiger charge is 2.16. The fourth-order valence-corrected chi connectivity index (χ4v) is 1.66. The standard InChI is InChI=1S/C14H17N3O2/c1-4-5-6-10-9(2)7-8-11(12(10)19-3)13(18)17-14(15)16/h4-8H,1H2,2-3H3,(H4,15,16,17,18)/b6-5-. The number of carbonyl (C=O) groups is 1. The number of carbonyl (C=O) groups excluding carboxylic acids is 1. The van der Waals surface area contributed by atoms with E-state index < -0.39 is 11.9 Å². The van der Waals surface area contributed by atoms with Crippen molar-refractivity contribution in [2.75, 3.05) is 7.11 Å². The smallest absolute Gasteiger partial charge is 0.261 e. The average molecular weight is 259 g/mol. The quantitative estimate of drug-likeness (QED) is 0.438. The van der Waals surface area contributed by atoms with Gasteiger partial charge < -0.3 is 10.5 Å². The Hall–Kier alpha value is -2.56. The summed E-state index contributed by atoms with van der Waals surface area (Å²) in [5.41, 5.74) is 7.24. The minimum Gasteiger partial charge on any atom is -0.495 e. The number of aryl methyl sites for hydroxylation is 1. The lowest BCUT2D eigenvalue weighted by atomic mass is 10.0. The highest BCUT2D eigenvalue weighted by molar-refractivity contribution is 6.06. The molecule has 0 spiro atoms. The van der Waals surface area contributed by atoms with Crippen molar-refractivity contribution in [3.05, 3.63) is 47.6 Å². The summed E-state index contributed by atoms with van der Waals surface area (Å²) in [6.45, 7) is 5.52. The fraction of sp³-hybridized carbons (Fsp3) is 0.143. The van der Waals surface area contributed by atoms with Gasteiger partial charge in [0, 0.05) is 5.56 Å². The summed E-state index contributed by atoms with van der Waals surface area (Å²) in [6, 6.07) is 3.44. The summed E-state index contributed by atoms with van der Waals surface area (Å²) in [4.78, 5) is 11.9. The number of rotatable bonds is 4. The van der Waals surface area contributed by atoms with Crippen LogP contribution in [0.5, 0.6) is 5.75 Å². The number of nitrogens with two attached hydrogens (primary N) is 1. The molecule has 19 heavy (non-hydrogen) atoms. The Morgan fingerprint density at radius 1 is 1.53 bits per heavy atom. The minimum atomic E-state index is -0.474. The highest BCUT2D eigenvalue weighted by atomic mass is 16.5. The van der Waals surface area contributed by atoms with Crippen molar-refractivity contribution in [3.8, 4) is 5.75 Å². The van der Waals surface area contributed by atoms with Crippen LogP contribution in [0.3, 0.4) is 0 Å². The Balaban J connectivity index is 3.33. The van der Waals surface area contributed by atoms with Crippen LogP contribution in [0.1, 0.15) is 21.5 Å².